The molecule has 0 unspecified atom stereocenters. The minimum absolute atomic E-state index is 0.000344. The molecular weight excluding hydrogens is 304 g/mol. The predicted octanol–water partition coefficient (Wildman–Crippen LogP) is 4.70. The molecule has 0 fully saturated rings. The molecule has 0 saturated heterocycles. The first kappa shape index (κ1) is 15.7. The molecular formula is C16H17ClN2OS. The lowest BCUT2D eigenvalue weighted by atomic mass is 10.1. The van der Waals surface area contributed by atoms with Crippen LogP contribution in [0.5, 0.6) is 11.5 Å². The molecule has 2 aromatic rings. The molecule has 0 heterocycles. The number of nitrogens with one attached hydrogen (secondary N) is 1. The van der Waals surface area contributed by atoms with E-state index in [1.54, 1.807) is 0 Å². The second-order valence-electron chi connectivity index (χ2n) is 4.46. The first-order valence-electron chi connectivity index (χ1n) is 6.54. The lowest BCUT2D eigenvalue weighted by Gasteiger charge is -2.14. The van der Waals surface area contributed by atoms with Crippen molar-refractivity contribution in [2.24, 2.45) is 5.73 Å². The number of nitrogens with two attached hydrogens (primary N) is 1. The standard InChI is InChI=1S/C16H17ClN2OS/c1-3-10-9-11(7-8-12(10)17)20-13-5-4-6-14(21-2)15(13)16(18)19/h4-9H,3H2,1-2H3,(H3,18,19). The number of halogens is 1. The molecule has 0 aliphatic carbocycles. The molecule has 0 aliphatic rings. The molecule has 0 radical (unpaired) electrons. The van der Waals surface area contributed by atoms with E-state index in [9.17, 15) is 0 Å². The quantitative estimate of drug-likeness (QED) is 0.477. The zero-order valence-corrected chi connectivity index (χ0v) is 13.5. The maximum Gasteiger partial charge on any atom is 0.139 e. The summed E-state index contributed by atoms with van der Waals surface area (Å²) < 4.78 is 5.92. The first-order valence-corrected chi connectivity index (χ1v) is 8.14. The molecule has 3 N–H and O–H groups in total. The maximum atomic E-state index is 7.76. The van der Waals surface area contributed by atoms with E-state index in [0.717, 1.165) is 21.9 Å². The van der Waals surface area contributed by atoms with Crippen LogP contribution >= 0.6 is 23.4 Å². The second-order valence-corrected chi connectivity index (χ2v) is 5.71. The van der Waals surface area contributed by atoms with Gasteiger partial charge in [0, 0.05) is 9.92 Å². The summed E-state index contributed by atoms with van der Waals surface area (Å²) in [6, 6.07) is 11.2. The fraction of sp³-hybridized carbons (Fsp3) is 0.188. The molecule has 0 aromatic heterocycles. The Bertz CT molecular complexity index is 673. The van der Waals surface area contributed by atoms with Crippen molar-refractivity contribution in [2.45, 2.75) is 18.2 Å². The number of benzene rings is 2. The Hall–Kier alpha value is -1.65. The summed E-state index contributed by atoms with van der Waals surface area (Å²) in [6.07, 6.45) is 2.78. The minimum Gasteiger partial charge on any atom is -0.457 e. The van der Waals surface area contributed by atoms with Gasteiger partial charge in [-0.15, -0.1) is 11.8 Å². The average molecular weight is 321 g/mol. The molecule has 0 spiro atoms. The van der Waals surface area contributed by atoms with E-state index in [0.29, 0.717) is 17.1 Å². The number of nitrogen functional groups attached to an aromatic ring is 1. The van der Waals surface area contributed by atoms with E-state index in [1.807, 2.05) is 49.6 Å². The second kappa shape index (κ2) is 6.87. The molecule has 0 bridgehead atoms. The fourth-order valence-corrected chi connectivity index (χ4v) is 2.92. The monoisotopic (exact) mass is 320 g/mol. The Balaban J connectivity index is 2.42. The van der Waals surface area contributed by atoms with Gasteiger partial charge in [-0.2, -0.15) is 0 Å². The molecule has 5 heteroatoms. The van der Waals surface area contributed by atoms with Gasteiger partial charge in [-0.1, -0.05) is 24.6 Å². The van der Waals surface area contributed by atoms with Crippen LogP contribution in [0.4, 0.5) is 0 Å². The highest BCUT2D eigenvalue weighted by Gasteiger charge is 2.13. The van der Waals surface area contributed by atoms with Crippen LogP contribution in [-0.4, -0.2) is 12.1 Å². The normalized spacial score (nSPS) is 10.4. The van der Waals surface area contributed by atoms with Crippen molar-refractivity contribution in [3.8, 4) is 11.5 Å². The van der Waals surface area contributed by atoms with Gasteiger partial charge in [0.15, 0.2) is 0 Å². The van der Waals surface area contributed by atoms with E-state index in [1.165, 1.54) is 11.8 Å². The van der Waals surface area contributed by atoms with E-state index >= 15 is 0 Å². The van der Waals surface area contributed by atoms with E-state index < -0.39 is 0 Å². The number of amidine groups is 1. The molecule has 0 saturated carbocycles. The topological polar surface area (TPSA) is 59.1 Å². The van der Waals surface area contributed by atoms with Crippen molar-refractivity contribution >= 4 is 29.2 Å². The summed E-state index contributed by atoms with van der Waals surface area (Å²) in [6.45, 7) is 2.04. The molecule has 0 amide bonds. The zero-order chi connectivity index (χ0) is 15.4. The highest BCUT2D eigenvalue weighted by atomic mass is 35.5. The van der Waals surface area contributed by atoms with Gasteiger partial charge in [0.1, 0.15) is 17.3 Å². The van der Waals surface area contributed by atoms with Crippen molar-refractivity contribution < 1.29 is 4.74 Å². The van der Waals surface area contributed by atoms with Gasteiger partial charge in [-0.25, -0.2) is 0 Å². The third kappa shape index (κ3) is 3.52. The summed E-state index contributed by atoms with van der Waals surface area (Å²) in [5.74, 6) is 1.27. The SMILES string of the molecule is CCc1cc(Oc2cccc(SC)c2C(=N)N)ccc1Cl. The number of hydrogen-bond acceptors (Lipinski definition) is 3. The highest BCUT2D eigenvalue weighted by Crippen LogP contribution is 2.33. The Kier molecular flexibility index (Phi) is 5.15. The van der Waals surface area contributed by atoms with Gasteiger partial charge < -0.3 is 10.5 Å². The van der Waals surface area contributed by atoms with Crippen LogP contribution in [0.25, 0.3) is 0 Å². The Labute approximate surface area is 134 Å². The maximum absolute atomic E-state index is 7.76. The molecule has 21 heavy (non-hydrogen) atoms. The van der Waals surface area contributed by atoms with Crippen LogP contribution < -0.4 is 10.5 Å². The van der Waals surface area contributed by atoms with E-state index in [2.05, 4.69) is 0 Å². The molecule has 2 rings (SSSR count). The lowest BCUT2D eigenvalue weighted by Crippen LogP contribution is -2.13. The molecule has 0 atom stereocenters. The minimum atomic E-state index is -0.000344. The third-order valence-electron chi connectivity index (χ3n) is 3.10. The summed E-state index contributed by atoms with van der Waals surface area (Å²) in [5.41, 5.74) is 7.34. The largest absolute Gasteiger partial charge is 0.457 e. The van der Waals surface area contributed by atoms with Gasteiger partial charge in [-0.05, 0) is 48.6 Å². The molecule has 0 aliphatic heterocycles. The van der Waals surface area contributed by atoms with Crippen molar-refractivity contribution in [2.75, 3.05) is 6.26 Å². The lowest BCUT2D eigenvalue weighted by molar-refractivity contribution is 0.479. The average Bonchev–Trinajstić information content (AvgIpc) is 2.48. The van der Waals surface area contributed by atoms with Gasteiger partial charge in [0.25, 0.3) is 0 Å². The van der Waals surface area contributed by atoms with Crippen LogP contribution in [-0.2, 0) is 6.42 Å². The predicted molar refractivity (Wildman–Crippen MR) is 90.1 cm³/mol. The number of ether oxygens (including phenoxy) is 1. The van der Waals surface area contributed by atoms with Crippen LogP contribution in [0.15, 0.2) is 41.3 Å². The van der Waals surface area contributed by atoms with E-state index in [-0.39, 0.29) is 5.84 Å². The summed E-state index contributed by atoms with van der Waals surface area (Å²) in [4.78, 5) is 0.921. The fourth-order valence-electron chi connectivity index (χ4n) is 2.04. The van der Waals surface area contributed by atoms with Crippen molar-refractivity contribution in [1.29, 1.82) is 5.41 Å². The van der Waals surface area contributed by atoms with Crippen molar-refractivity contribution in [3.05, 3.63) is 52.5 Å². The summed E-state index contributed by atoms with van der Waals surface area (Å²) in [5, 5.41) is 8.49. The van der Waals surface area contributed by atoms with Crippen molar-refractivity contribution in [3.63, 3.8) is 0 Å². The number of rotatable bonds is 5. The van der Waals surface area contributed by atoms with E-state index in [4.69, 9.17) is 27.5 Å². The molecule has 110 valence electrons. The summed E-state index contributed by atoms with van der Waals surface area (Å²) in [7, 11) is 0. The number of aryl methyl sites for hydroxylation is 1. The highest BCUT2D eigenvalue weighted by molar-refractivity contribution is 7.98. The van der Waals surface area contributed by atoms with Gasteiger partial charge in [0.05, 0.1) is 5.56 Å². The van der Waals surface area contributed by atoms with Crippen LogP contribution in [0.2, 0.25) is 5.02 Å². The Morgan fingerprint density at radius 3 is 2.71 bits per heavy atom. The Morgan fingerprint density at radius 2 is 2.10 bits per heavy atom. The van der Waals surface area contributed by atoms with Crippen LogP contribution in [0.3, 0.4) is 0 Å². The number of thioether (sulfide) groups is 1. The van der Waals surface area contributed by atoms with Crippen LogP contribution in [0, 0.1) is 5.41 Å². The van der Waals surface area contributed by atoms with Gasteiger partial charge in [0.2, 0.25) is 0 Å². The third-order valence-corrected chi connectivity index (χ3v) is 4.25. The molecule has 3 nitrogen and oxygen atoms in total. The first-order chi connectivity index (χ1) is 10.1. The number of hydrogen-bond donors (Lipinski definition) is 2. The van der Waals surface area contributed by atoms with Crippen LogP contribution in [0.1, 0.15) is 18.1 Å². The van der Waals surface area contributed by atoms with Gasteiger partial charge in [-0.3, -0.25) is 5.41 Å². The summed E-state index contributed by atoms with van der Waals surface area (Å²) >= 11 is 7.65. The Morgan fingerprint density at radius 1 is 1.33 bits per heavy atom. The van der Waals surface area contributed by atoms with Crippen molar-refractivity contribution in [1.82, 2.24) is 0 Å². The van der Waals surface area contributed by atoms with Gasteiger partial charge >= 0.3 is 0 Å². The smallest absolute Gasteiger partial charge is 0.139 e. The molecule has 2 aromatic carbocycles. The zero-order valence-electron chi connectivity index (χ0n) is 11.9.